The van der Waals surface area contributed by atoms with Crippen LogP contribution in [-0.4, -0.2) is 55.2 Å². The molecule has 0 aliphatic carbocycles. The summed E-state index contributed by atoms with van der Waals surface area (Å²) in [4.78, 5) is 31.2. The number of nitrogens with zero attached hydrogens (tertiary/aromatic N) is 1. The van der Waals surface area contributed by atoms with Crippen LogP contribution in [0.25, 0.3) is 0 Å². The van der Waals surface area contributed by atoms with Crippen molar-refractivity contribution in [3.8, 4) is 5.75 Å². The Bertz CT molecular complexity index is 1160. The average Bonchev–Trinajstić information content (AvgIpc) is 2.82. The van der Waals surface area contributed by atoms with E-state index in [1.807, 2.05) is 30.3 Å². The molecule has 196 valence electrons. The van der Waals surface area contributed by atoms with E-state index in [4.69, 9.17) is 9.57 Å². The molecule has 3 rings (SSSR count). The number of hydrogen-bond acceptors (Lipinski definition) is 6. The van der Waals surface area contributed by atoms with Gasteiger partial charge in [0.2, 0.25) is 10.0 Å². The van der Waals surface area contributed by atoms with Gasteiger partial charge in [0.25, 0.3) is 5.91 Å². The number of hydroxylamine groups is 1. The van der Waals surface area contributed by atoms with Gasteiger partial charge in [0, 0.05) is 19.1 Å². The van der Waals surface area contributed by atoms with Crippen LogP contribution in [0.3, 0.4) is 0 Å². The van der Waals surface area contributed by atoms with Crippen molar-refractivity contribution in [3.63, 3.8) is 0 Å². The lowest BCUT2D eigenvalue weighted by molar-refractivity contribution is -0.158. The molecule has 2 aromatic rings. The summed E-state index contributed by atoms with van der Waals surface area (Å²) in [5.41, 5.74) is 1.26. The first-order valence-electron chi connectivity index (χ1n) is 11.6. The molecule has 1 aliphatic heterocycles. The van der Waals surface area contributed by atoms with Crippen molar-refractivity contribution in [2.75, 3.05) is 13.1 Å². The van der Waals surface area contributed by atoms with Crippen molar-refractivity contribution in [2.45, 2.75) is 57.3 Å². The average molecular weight is 520 g/mol. The zero-order chi connectivity index (χ0) is 26.6. The highest BCUT2D eigenvalue weighted by atomic mass is 32.2. The quantitative estimate of drug-likeness (QED) is 0.456. The fraction of sp³-hybridized carbons (Fsp3) is 0.440. The third-order valence-corrected chi connectivity index (χ3v) is 7.38. The van der Waals surface area contributed by atoms with Gasteiger partial charge in [-0.25, -0.2) is 23.4 Å². The fourth-order valence-corrected chi connectivity index (χ4v) is 5.18. The number of ether oxygens (including phenoxy) is 1. The van der Waals surface area contributed by atoms with Gasteiger partial charge < -0.3 is 14.7 Å². The standard InChI is InChI=1S/C25H33N3O7S/c1-24(2,3)35-26-22(29)25(4)17-28(23(30)31)15-14-21(25)27-36(32,33)20-12-10-19(11-13-20)34-16-18-8-6-5-7-9-18/h5-13,21,27H,14-17H2,1-4H3,(H,26,29)(H,30,31). The largest absolute Gasteiger partial charge is 0.489 e. The van der Waals surface area contributed by atoms with Gasteiger partial charge in [-0.2, -0.15) is 0 Å². The van der Waals surface area contributed by atoms with Crippen LogP contribution in [0.2, 0.25) is 0 Å². The van der Waals surface area contributed by atoms with E-state index in [0.29, 0.717) is 12.4 Å². The zero-order valence-corrected chi connectivity index (χ0v) is 21.7. The van der Waals surface area contributed by atoms with E-state index in [2.05, 4.69) is 10.2 Å². The van der Waals surface area contributed by atoms with E-state index in [9.17, 15) is 23.1 Å². The predicted molar refractivity (Wildman–Crippen MR) is 133 cm³/mol. The van der Waals surface area contributed by atoms with Crippen molar-refractivity contribution in [3.05, 3.63) is 60.2 Å². The number of rotatable bonds is 8. The molecule has 0 saturated carbocycles. The molecule has 36 heavy (non-hydrogen) atoms. The lowest BCUT2D eigenvalue weighted by Crippen LogP contribution is -2.63. The van der Waals surface area contributed by atoms with E-state index in [-0.39, 0.29) is 24.4 Å². The molecule has 1 saturated heterocycles. The molecule has 2 aromatic carbocycles. The fourth-order valence-electron chi connectivity index (χ4n) is 3.80. The van der Waals surface area contributed by atoms with Crippen LogP contribution in [0.4, 0.5) is 4.79 Å². The third kappa shape index (κ3) is 6.96. The van der Waals surface area contributed by atoms with Gasteiger partial charge in [0.05, 0.1) is 15.9 Å². The molecule has 0 radical (unpaired) electrons. The minimum absolute atomic E-state index is 0.00363. The van der Waals surface area contributed by atoms with Gasteiger partial charge in [-0.15, -0.1) is 0 Å². The predicted octanol–water partition coefficient (Wildman–Crippen LogP) is 3.15. The molecular formula is C25H33N3O7S. The summed E-state index contributed by atoms with van der Waals surface area (Å²) in [6.07, 6.45) is -1.07. The van der Waals surface area contributed by atoms with E-state index in [1.54, 1.807) is 32.9 Å². The van der Waals surface area contributed by atoms with Crippen LogP contribution < -0.4 is 14.9 Å². The van der Waals surface area contributed by atoms with Crippen LogP contribution in [0.5, 0.6) is 5.75 Å². The highest BCUT2D eigenvalue weighted by Crippen LogP contribution is 2.32. The van der Waals surface area contributed by atoms with Gasteiger partial charge in [0.1, 0.15) is 12.4 Å². The van der Waals surface area contributed by atoms with Crippen LogP contribution in [-0.2, 0) is 26.3 Å². The van der Waals surface area contributed by atoms with Crippen LogP contribution in [0.15, 0.2) is 59.5 Å². The maximum Gasteiger partial charge on any atom is 0.407 e. The Morgan fingerprint density at radius 3 is 2.33 bits per heavy atom. The minimum atomic E-state index is -4.02. The first-order chi connectivity index (χ1) is 16.8. The molecule has 3 N–H and O–H groups in total. The summed E-state index contributed by atoms with van der Waals surface area (Å²) in [5, 5.41) is 9.46. The molecule has 10 nitrogen and oxygen atoms in total. The monoisotopic (exact) mass is 519 g/mol. The number of benzene rings is 2. The second kappa shape index (κ2) is 10.9. The third-order valence-electron chi connectivity index (χ3n) is 5.90. The molecular weight excluding hydrogens is 486 g/mol. The first-order valence-corrected chi connectivity index (χ1v) is 13.0. The summed E-state index contributed by atoms with van der Waals surface area (Å²) in [6.45, 7) is 6.99. The van der Waals surface area contributed by atoms with Crippen molar-refractivity contribution in [2.24, 2.45) is 5.41 Å². The number of carbonyl (C=O) groups excluding carboxylic acids is 1. The SMILES string of the molecule is CC(C)(C)ONC(=O)C1(C)CN(C(=O)O)CCC1NS(=O)(=O)c1ccc(OCc2ccccc2)cc1. The number of nitrogens with one attached hydrogen (secondary N) is 2. The Labute approximate surface area is 211 Å². The number of hydrogen-bond donors (Lipinski definition) is 3. The number of carboxylic acid groups (broad SMARTS) is 1. The normalized spacial score (nSPS) is 20.6. The molecule has 0 spiro atoms. The molecule has 1 heterocycles. The number of amides is 2. The highest BCUT2D eigenvalue weighted by molar-refractivity contribution is 7.89. The Balaban J connectivity index is 1.74. The second-order valence-electron chi connectivity index (χ2n) is 9.98. The number of carbonyl (C=O) groups is 2. The van der Waals surface area contributed by atoms with E-state index < -0.39 is 39.1 Å². The summed E-state index contributed by atoms with van der Waals surface area (Å²) in [7, 11) is -4.02. The molecule has 2 amide bonds. The Kier molecular flexibility index (Phi) is 8.27. The van der Waals surface area contributed by atoms with E-state index in [1.165, 1.54) is 19.1 Å². The molecule has 1 aliphatic rings. The van der Waals surface area contributed by atoms with Gasteiger partial charge in [-0.3, -0.25) is 9.63 Å². The molecule has 0 aromatic heterocycles. The molecule has 0 bridgehead atoms. The van der Waals surface area contributed by atoms with E-state index >= 15 is 0 Å². The van der Waals surface area contributed by atoms with Crippen molar-refractivity contribution >= 4 is 22.0 Å². The van der Waals surface area contributed by atoms with Crippen LogP contribution in [0.1, 0.15) is 39.7 Å². The lowest BCUT2D eigenvalue weighted by atomic mass is 9.77. The number of likely N-dealkylation sites (tertiary alicyclic amines) is 1. The first kappa shape index (κ1) is 27.4. The Morgan fingerprint density at radius 1 is 1.11 bits per heavy atom. The lowest BCUT2D eigenvalue weighted by Gasteiger charge is -2.44. The molecule has 2 unspecified atom stereocenters. The minimum Gasteiger partial charge on any atom is -0.489 e. The van der Waals surface area contributed by atoms with Gasteiger partial charge in [-0.1, -0.05) is 30.3 Å². The second-order valence-corrected chi connectivity index (χ2v) is 11.7. The summed E-state index contributed by atoms with van der Waals surface area (Å²) in [6, 6.07) is 14.7. The summed E-state index contributed by atoms with van der Waals surface area (Å²) in [5.74, 6) is -0.100. The summed E-state index contributed by atoms with van der Waals surface area (Å²) >= 11 is 0. The Hall–Kier alpha value is -3.15. The number of piperidine rings is 1. The molecule has 11 heteroatoms. The molecule has 1 fully saturated rings. The van der Waals surface area contributed by atoms with Gasteiger partial charge in [-0.05, 0) is 63.9 Å². The topological polar surface area (TPSA) is 134 Å². The summed E-state index contributed by atoms with van der Waals surface area (Å²) < 4.78 is 34.7. The smallest absolute Gasteiger partial charge is 0.407 e. The van der Waals surface area contributed by atoms with Crippen LogP contribution in [0, 0.1) is 5.41 Å². The maximum atomic E-state index is 13.2. The Morgan fingerprint density at radius 2 is 1.75 bits per heavy atom. The van der Waals surface area contributed by atoms with Gasteiger partial charge in [0.15, 0.2) is 0 Å². The molecule has 2 atom stereocenters. The van der Waals surface area contributed by atoms with Crippen molar-refractivity contribution in [1.82, 2.24) is 15.1 Å². The maximum absolute atomic E-state index is 13.2. The number of sulfonamides is 1. The van der Waals surface area contributed by atoms with Crippen LogP contribution >= 0.6 is 0 Å². The van der Waals surface area contributed by atoms with Crippen molar-refractivity contribution < 1.29 is 32.7 Å². The highest BCUT2D eigenvalue weighted by Gasteiger charge is 2.48. The zero-order valence-electron chi connectivity index (χ0n) is 20.9. The van der Waals surface area contributed by atoms with Gasteiger partial charge >= 0.3 is 6.09 Å². The van der Waals surface area contributed by atoms with Crippen molar-refractivity contribution in [1.29, 1.82) is 0 Å². The van der Waals surface area contributed by atoms with E-state index in [0.717, 1.165) is 10.5 Å².